The molecular formula is C26H20N4O5. The first kappa shape index (κ1) is 22.0. The molecule has 0 atom stereocenters. The van der Waals surface area contributed by atoms with Crippen molar-refractivity contribution in [3.63, 3.8) is 0 Å². The third-order valence-electron chi connectivity index (χ3n) is 6.14. The highest BCUT2D eigenvalue weighted by Gasteiger charge is 2.23. The van der Waals surface area contributed by atoms with Gasteiger partial charge in [0.2, 0.25) is 0 Å². The average molecular weight is 468 g/mol. The Balaban J connectivity index is 1.58. The van der Waals surface area contributed by atoms with Crippen LogP contribution in [0, 0.1) is 10.1 Å². The topological polar surface area (TPSA) is 119 Å². The number of nitrogens with zero attached hydrogens (tertiary/aromatic N) is 4. The Labute approximate surface area is 199 Å². The maximum Gasteiger partial charge on any atom is 0.335 e. The van der Waals surface area contributed by atoms with Crippen molar-refractivity contribution in [2.45, 2.75) is 13.0 Å². The summed E-state index contributed by atoms with van der Waals surface area (Å²) in [5.41, 5.74) is 2.71. The molecule has 0 spiro atoms. The number of allylic oxidation sites excluding steroid dienone is 1. The van der Waals surface area contributed by atoms with Crippen LogP contribution in [0.1, 0.15) is 28.2 Å². The van der Waals surface area contributed by atoms with Crippen LogP contribution in [-0.2, 0) is 6.54 Å². The van der Waals surface area contributed by atoms with Gasteiger partial charge in [-0.2, -0.15) is 0 Å². The lowest BCUT2D eigenvalue weighted by Gasteiger charge is -2.19. The van der Waals surface area contributed by atoms with Crippen LogP contribution in [-0.4, -0.2) is 32.6 Å². The van der Waals surface area contributed by atoms with E-state index in [-0.39, 0.29) is 16.8 Å². The molecule has 2 heterocycles. The monoisotopic (exact) mass is 468 g/mol. The van der Waals surface area contributed by atoms with Crippen molar-refractivity contribution >= 4 is 45.6 Å². The van der Waals surface area contributed by atoms with E-state index in [1.165, 1.54) is 24.3 Å². The highest BCUT2D eigenvalue weighted by Crippen LogP contribution is 2.35. The minimum Gasteiger partial charge on any atom is -0.478 e. The van der Waals surface area contributed by atoms with Crippen LogP contribution in [0.5, 0.6) is 0 Å². The minimum absolute atomic E-state index is 0.0429. The summed E-state index contributed by atoms with van der Waals surface area (Å²) in [6, 6.07) is 18.6. The summed E-state index contributed by atoms with van der Waals surface area (Å²) < 4.78 is 1.56. The number of nitro groups is 1. The SMILES string of the molecule is CN(c1ccccc1)c1ccc(/C=C2\CCn3c2nc2cc(C(=O)O)ccc2c3=O)cc1[N+](=O)[O-]. The lowest BCUT2D eigenvalue weighted by atomic mass is 10.1. The predicted molar refractivity (Wildman–Crippen MR) is 133 cm³/mol. The number of para-hydroxylation sites is 1. The molecule has 1 aromatic heterocycles. The van der Waals surface area contributed by atoms with Gasteiger partial charge in [0.1, 0.15) is 11.5 Å². The zero-order valence-electron chi connectivity index (χ0n) is 18.7. The van der Waals surface area contributed by atoms with E-state index in [1.54, 1.807) is 34.7 Å². The maximum absolute atomic E-state index is 13.0. The average Bonchev–Trinajstić information content (AvgIpc) is 3.26. The number of hydrogen-bond acceptors (Lipinski definition) is 6. The molecule has 0 unspecified atom stereocenters. The van der Waals surface area contributed by atoms with Crippen molar-refractivity contribution in [1.82, 2.24) is 9.55 Å². The summed E-state index contributed by atoms with van der Waals surface area (Å²) in [5, 5.41) is 21.5. The van der Waals surface area contributed by atoms with Gasteiger partial charge in [-0.05, 0) is 60.0 Å². The molecule has 0 amide bonds. The van der Waals surface area contributed by atoms with Gasteiger partial charge in [0.25, 0.3) is 11.2 Å². The van der Waals surface area contributed by atoms with Crippen LogP contribution in [0.15, 0.2) is 71.5 Å². The summed E-state index contributed by atoms with van der Waals surface area (Å²) in [7, 11) is 1.77. The first-order valence-corrected chi connectivity index (χ1v) is 10.9. The number of nitro benzene ring substituents is 1. The number of aromatic carboxylic acids is 1. The molecule has 1 aliphatic heterocycles. The molecule has 1 N–H and O–H groups in total. The lowest BCUT2D eigenvalue weighted by molar-refractivity contribution is -0.384. The predicted octanol–water partition coefficient (Wildman–Crippen LogP) is 4.72. The first-order valence-electron chi connectivity index (χ1n) is 10.9. The minimum atomic E-state index is -1.10. The number of anilines is 2. The van der Waals surface area contributed by atoms with Gasteiger partial charge in [-0.3, -0.25) is 19.5 Å². The Hall–Kier alpha value is -4.79. The van der Waals surface area contributed by atoms with Crippen molar-refractivity contribution in [2.75, 3.05) is 11.9 Å². The number of benzene rings is 3. The maximum atomic E-state index is 13.0. The Morgan fingerprint density at radius 1 is 1.14 bits per heavy atom. The molecule has 0 saturated heterocycles. The molecule has 0 aliphatic carbocycles. The molecule has 0 saturated carbocycles. The molecule has 0 radical (unpaired) electrons. The van der Waals surface area contributed by atoms with Gasteiger partial charge in [0, 0.05) is 25.3 Å². The van der Waals surface area contributed by atoms with Crippen LogP contribution >= 0.6 is 0 Å². The second-order valence-electron chi connectivity index (χ2n) is 8.25. The second-order valence-corrected chi connectivity index (χ2v) is 8.25. The van der Waals surface area contributed by atoms with Crippen molar-refractivity contribution in [1.29, 1.82) is 0 Å². The van der Waals surface area contributed by atoms with Gasteiger partial charge in [-0.25, -0.2) is 9.78 Å². The summed E-state index contributed by atoms with van der Waals surface area (Å²) in [6.45, 7) is 0.431. The highest BCUT2D eigenvalue weighted by molar-refractivity contribution is 5.93. The van der Waals surface area contributed by atoms with Gasteiger partial charge >= 0.3 is 5.97 Å². The summed E-state index contributed by atoms with van der Waals surface area (Å²) in [4.78, 5) is 42.1. The van der Waals surface area contributed by atoms with E-state index < -0.39 is 10.9 Å². The van der Waals surface area contributed by atoms with E-state index in [0.717, 1.165) is 11.3 Å². The Morgan fingerprint density at radius 2 is 1.91 bits per heavy atom. The fourth-order valence-electron chi connectivity index (χ4n) is 4.34. The number of carboxylic acids is 1. The molecule has 1 aliphatic rings. The summed E-state index contributed by atoms with van der Waals surface area (Å²) in [5.74, 6) is -0.656. The number of rotatable bonds is 5. The third kappa shape index (κ3) is 3.93. The number of hydrogen-bond donors (Lipinski definition) is 1. The van der Waals surface area contributed by atoms with E-state index in [2.05, 4.69) is 4.98 Å². The molecule has 0 fully saturated rings. The standard InChI is InChI=1S/C26H20N4O5/c1-28(19-5-3-2-4-6-19)22-10-7-16(14-23(22)30(34)35)13-17-11-12-29-24(17)27-21-15-18(26(32)33)8-9-20(21)25(29)31/h2-10,13-15H,11-12H2,1H3,(H,32,33)/b17-13+. The van der Waals surface area contributed by atoms with Crippen LogP contribution in [0.3, 0.4) is 0 Å². The molecule has 35 heavy (non-hydrogen) atoms. The van der Waals surface area contributed by atoms with Gasteiger partial charge < -0.3 is 10.0 Å². The van der Waals surface area contributed by atoms with Crippen molar-refractivity contribution in [2.24, 2.45) is 0 Å². The largest absolute Gasteiger partial charge is 0.478 e. The highest BCUT2D eigenvalue weighted by atomic mass is 16.6. The third-order valence-corrected chi connectivity index (χ3v) is 6.14. The quantitative estimate of drug-likeness (QED) is 0.333. The molecular weight excluding hydrogens is 448 g/mol. The van der Waals surface area contributed by atoms with Crippen molar-refractivity contribution < 1.29 is 14.8 Å². The Kier molecular flexibility index (Phi) is 5.37. The fraction of sp³-hybridized carbons (Fsp3) is 0.115. The van der Waals surface area contributed by atoms with Crippen molar-refractivity contribution in [3.8, 4) is 0 Å². The van der Waals surface area contributed by atoms with Gasteiger partial charge in [-0.1, -0.05) is 24.3 Å². The Bertz CT molecular complexity index is 1590. The number of fused-ring (bicyclic) bond motifs is 2. The van der Waals surface area contributed by atoms with E-state index in [1.807, 2.05) is 30.3 Å². The molecule has 0 bridgehead atoms. The van der Waals surface area contributed by atoms with Crippen LogP contribution in [0.2, 0.25) is 0 Å². The van der Waals surface area contributed by atoms with Gasteiger partial charge in [0.05, 0.1) is 21.4 Å². The fourth-order valence-corrected chi connectivity index (χ4v) is 4.34. The Morgan fingerprint density at radius 3 is 2.63 bits per heavy atom. The number of carbonyl (C=O) groups is 1. The van der Waals surface area contributed by atoms with Crippen molar-refractivity contribution in [3.05, 3.63) is 104 Å². The van der Waals surface area contributed by atoms with E-state index in [4.69, 9.17) is 0 Å². The molecule has 4 aromatic rings. The first-order chi connectivity index (χ1) is 16.8. The van der Waals surface area contributed by atoms with Gasteiger partial charge in [0.15, 0.2) is 0 Å². The second kappa shape index (κ2) is 8.53. The zero-order valence-corrected chi connectivity index (χ0v) is 18.7. The lowest BCUT2D eigenvalue weighted by Crippen LogP contribution is -2.21. The van der Waals surface area contributed by atoms with Crippen LogP contribution in [0.25, 0.3) is 22.6 Å². The molecule has 3 aromatic carbocycles. The van der Waals surface area contributed by atoms with E-state index >= 15 is 0 Å². The summed E-state index contributed by atoms with van der Waals surface area (Å²) >= 11 is 0. The van der Waals surface area contributed by atoms with E-state index in [0.29, 0.717) is 40.9 Å². The molecule has 9 heteroatoms. The van der Waals surface area contributed by atoms with E-state index in [9.17, 15) is 24.8 Å². The van der Waals surface area contributed by atoms with Gasteiger partial charge in [-0.15, -0.1) is 0 Å². The zero-order chi connectivity index (χ0) is 24.7. The molecule has 9 nitrogen and oxygen atoms in total. The number of aromatic nitrogens is 2. The summed E-state index contributed by atoms with van der Waals surface area (Å²) in [6.07, 6.45) is 2.32. The number of carboxylic acid groups (broad SMARTS) is 1. The van der Waals surface area contributed by atoms with Crippen LogP contribution < -0.4 is 10.5 Å². The molecule has 174 valence electrons. The molecule has 5 rings (SSSR count). The smallest absolute Gasteiger partial charge is 0.335 e. The van der Waals surface area contributed by atoms with Crippen LogP contribution in [0.4, 0.5) is 17.1 Å². The normalized spacial score (nSPS) is 13.7.